The van der Waals surface area contributed by atoms with Crippen LogP contribution < -0.4 is 5.32 Å². The zero-order valence-corrected chi connectivity index (χ0v) is 43.8. The Morgan fingerprint density at radius 3 is 1.33 bits per heavy atom. The molecule has 1 amide bonds. The monoisotopic (exact) mass is 966 g/mol. The number of hydrogen-bond donors (Lipinski definition) is 6. The second-order valence-corrected chi connectivity index (χ2v) is 19.0. The molecule has 0 aromatic heterocycles. The average molecular weight is 966 g/mol. The molecule has 1 aliphatic rings. The molecular formula is C60H103NO8. The molecule has 1 heterocycles. The molecule has 0 spiro atoms. The largest absolute Gasteiger partial charge is 0.394 e. The van der Waals surface area contributed by atoms with Crippen LogP contribution in [0, 0.1) is 0 Å². The highest BCUT2D eigenvalue weighted by Crippen LogP contribution is 2.23. The van der Waals surface area contributed by atoms with Gasteiger partial charge in [-0.2, -0.15) is 0 Å². The van der Waals surface area contributed by atoms with E-state index in [0.717, 1.165) is 103 Å². The molecule has 69 heavy (non-hydrogen) atoms. The Morgan fingerprint density at radius 1 is 0.507 bits per heavy atom. The summed E-state index contributed by atoms with van der Waals surface area (Å²) in [6.07, 6.45) is 63.7. The maximum absolute atomic E-state index is 12.9. The maximum atomic E-state index is 12.9. The Bertz CT molecular complexity index is 1400. The van der Waals surface area contributed by atoms with Gasteiger partial charge in [0.2, 0.25) is 5.91 Å². The molecule has 7 unspecified atom stereocenters. The summed E-state index contributed by atoms with van der Waals surface area (Å²) in [5.41, 5.74) is 0. The van der Waals surface area contributed by atoms with E-state index in [1.54, 1.807) is 0 Å². The van der Waals surface area contributed by atoms with Crippen LogP contribution in [0.1, 0.15) is 219 Å². The summed E-state index contributed by atoms with van der Waals surface area (Å²) < 4.78 is 11.2. The van der Waals surface area contributed by atoms with Gasteiger partial charge in [0.25, 0.3) is 0 Å². The molecule has 0 aromatic rings. The third-order valence-electron chi connectivity index (χ3n) is 12.7. The molecule has 0 aromatic carbocycles. The number of hydrogen-bond acceptors (Lipinski definition) is 8. The van der Waals surface area contributed by atoms with Crippen LogP contribution in [0.15, 0.2) is 97.2 Å². The number of aliphatic hydroxyl groups is 5. The van der Waals surface area contributed by atoms with Crippen molar-refractivity contribution in [2.45, 2.75) is 262 Å². The lowest BCUT2D eigenvalue weighted by Gasteiger charge is -2.40. The fraction of sp³-hybridized carbons (Fsp3) is 0.717. The van der Waals surface area contributed by atoms with E-state index in [4.69, 9.17) is 9.47 Å². The van der Waals surface area contributed by atoms with E-state index in [1.807, 2.05) is 0 Å². The maximum Gasteiger partial charge on any atom is 0.220 e. The molecule has 1 rings (SSSR count). The molecule has 1 fully saturated rings. The zero-order valence-electron chi connectivity index (χ0n) is 43.8. The van der Waals surface area contributed by atoms with Crippen LogP contribution in [0.2, 0.25) is 0 Å². The molecule has 7 atom stereocenters. The van der Waals surface area contributed by atoms with Gasteiger partial charge in [0.1, 0.15) is 24.4 Å². The van der Waals surface area contributed by atoms with Crippen LogP contribution in [-0.4, -0.2) is 87.5 Å². The molecule has 1 aliphatic heterocycles. The van der Waals surface area contributed by atoms with Crippen molar-refractivity contribution < 1.29 is 39.8 Å². The second kappa shape index (κ2) is 48.7. The first-order valence-electron chi connectivity index (χ1n) is 27.9. The number of ether oxygens (including phenoxy) is 2. The number of amides is 1. The fourth-order valence-corrected chi connectivity index (χ4v) is 8.29. The van der Waals surface area contributed by atoms with Gasteiger partial charge in [0, 0.05) is 6.42 Å². The predicted molar refractivity (Wildman–Crippen MR) is 290 cm³/mol. The fourth-order valence-electron chi connectivity index (χ4n) is 8.29. The van der Waals surface area contributed by atoms with E-state index in [0.29, 0.717) is 12.8 Å². The average Bonchev–Trinajstić information content (AvgIpc) is 3.35. The van der Waals surface area contributed by atoms with E-state index in [9.17, 15) is 30.3 Å². The van der Waals surface area contributed by atoms with Crippen molar-refractivity contribution in [3.63, 3.8) is 0 Å². The van der Waals surface area contributed by atoms with Gasteiger partial charge >= 0.3 is 0 Å². The van der Waals surface area contributed by atoms with Crippen LogP contribution in [0.25, 0.3) is 0 Å². The van der Waals surface area contributed by atoms with Gasteiger partial charge in [-0.15, -0.1) is 0 Å². The summed E-state index contributed by atoms with van der Waals surface area (Å²) in [5.74, 6) is -0.154. The van der Waals surface area contributed by atoms with Gasteiger partial charge in [-0.3, -0.25) is 4.79 Å². The van der Waals surface area contributed by atoms with Crippen molar-refractivity contribution in [2.24, 2.45) is 0 Å². The third-order valence-corrected chi connectivity index (χ3v) is 12.7. The third kappa shape index (κ3) is 38.5. The quantitative estimate of drug-likeness (QED) is 0.0261. The summed E-state index contributed by atoms with van der Waals surface area (Å²) in [6.45, 7) is 3.62. The predicted octanol–water partition coefficient (Wildman–Crippen LogP) is 13.6. The minimum atomic E-state index is -1.55. The van der Waals surface area contributed by atoms with E-state index in [1.165, 1.54) is 89.9 Å². The number of allylic oxidation sites excluding steroid dienone is 16. The highest BCUT2D eigenvalue weighted by Gasteiger charge is 2.44. The lowest BCUT2D eigenvalue weighted by atomic mass is 9.99. The van der Waals surface area contributed by atoms with Crippen LogP contribution in [0.5, 0.6) is 0 Å². The lowest BCUT2D eigenvalue weighted by molar-refractivity contribution is -0.302. The van der Waals surface area contributed by atoms with Crippen molar-refractivity contribution in [2.75, 3.05) is 13.2 Å². The van der Waals surface area contributed by atoms with Gasteiger partial charge < -0.3 is 40.3 Å². The first kappa shape index (κ1) is 64.1. The van der Waals surface area contributed by atoms with Gasteiger partial charge in [0.05, 0.1) is 25.4 Å². The van der Waals surface area contributed by atoms with E-state index < -0.39 is 49.5 Å². The molecule has 9 nitrogen and oxygen atoms in total. The number of rotatable bonds is 46. The molecule has 0 bridgehead atoms. The smallest absolute Gasteiger partial charge is 0.220 e. The van der Waals surface area contributed by atoms with Crippen LogP contribution in [-0.2, 0) is 14.3 Å². The van der Waals surface area contributed by atoms with Gasteiger partial charge in [-0.1, -0.05) is 233 Å². The van der Waals surface area contributed by atoms with Crippen molar-refractivity contribution in [1.82, 2.24) is 5.32 Å². The summed E-state index contributed by atoms with van der Waals surface area (Å²) in [5, 5.41) is 54.0. The first-order chi connectivity index (χ1) is 33.8. The van der Waals surface area contributed by atoms with Crippen LogP contribution >= 0.6 is 0 Å². The first-order valence-corrected chi connectivity index (χ1v) is 27.9. The molecule has 6 N–H and O–H groups in total. The summed E-state index contributed by atoms with van der Waals surface area (Å²) in [6, 6.07) is -0.718. The van der Waals surface area contributed by atoms with E-state index >= 15 is 0 Å². The van der Waals surface area contributed by atoms with Gasteiger partial charge in [0.15, 0.2) is 6.29 Å². The van der Waals surface area contributed by atoms with Crippen molar-refractivity contribution in [3.8, 4) is 0 Å². The van der Waals surface area contributed by atoms with E-state index in [-0.39, 0.29) is 12.5 Å². The molecule has 0 radical (unpaired) electrons. The normalized spacial score (nSPS) is 20.2. The highest BCUT2D eigenvalue weighted by molar-refractivity contribution is 5.76. The van der Waals surface area contributed by atoms with Gasteiger partial charge in [-0.05, 0) is 77.0 Å². The Hall–Kier alpha value is -2.89. The number of carbonyl (C=O) groups is 1. The molecule has 396 valence electrons. The molecule has 0 saturated carbocycles. The molecule has 9 heteroatoms. The topological polar surface area (TPSA) is 149 Å². The minimum Gasteiger partial charge on any atom is -0.394 e. The van der Waals surface area contributed by atoms with Crippen molar-refractivity contribution in [3.05, 3.63) is 97.2 Å². The summed E-state index contributed by atoms with van der Waals surface area (Å²) in [4.78, 5) is 12.9. The Labute approximate surface area is 422 Å². The van der Waals surface area contributed by atoms with Gasteiger partial charge in [-0.25, -0.2) is 0 Å². The van der Waals surface area contributed by atoms with Crippen molar-refractivity contribution in [1.29, 1.82) is 0 Å². The number of aliphatic hydroxyl groups excluding tert-OH is 5. The van der Waals surface area contributed by atoms with Crippen LogP contribution in [0.3, 0.4) is 0 Å². The molecule has 1 saturated heterocycles. The number of nitrogens with one attached hydrogen (secondary N) is 1. The standard InChI is InChI=1S/C60H103NO8/c1-3-5-7-9-10-11-12-13-14-15-16-17-18-19-20-21-22-23-24-25-26-27-28-29-30-31-32-33-34-35-36-37-38-39-40-41-42-43-44-46-48-50-56(64)61-53(54(63)49-47-45-8-6-4-2)52-68-60-59(67)58(66)57(65)55(51-62)69-60/h5,7,10-11,13-14,16-17,19-20,22-23,25-26,28-29,53-55,57-60,62-63,65-67H,3-4,6,8-9,12,15,18,21,24,27,30-52H2,1-2H3,(H,61,64)/b7-5-,11-10-,14-13-,17-16-,20-19-,23-22-,26-25-,29-28-. The summed E-state index contributed by atoms with van der Waals surface area (Å²) >= 11 is 0. The second-order valence-electron chi connectivity index (χ2n) is 19.0. The van der Waals surface area contributed by atoms with E-state index in [2.05, 4.69) is 116 Å². The van der Waals surface area contributed by atoms with Crippen molar-refractivity contribution >= 4 is 5.91 Å². The Morgan fingerprint density at radius 2 is 0.899 bits per heavy atom. The Kier molecular flexibility index (Phi) is 45.3. The number of carbonyl (C=O) groups excluding carboxylic acids is 1. The lowest BCUT2D eigenvalue weighted by Crippen LogP contribution is -2.60. The minimum absolute atomic E-state index is 0.142. The molecular weight excluding hydrogens is 863 g/mol. The molecule has 0 aliphatic carbocycles. The summed E-state index contributed by atoms with van der Waals surface area (Å²) in [7, 11) is 0. The number of unbranched alkanes of at least 4 members (excludes halogenated alkanes) is 20. The highest BCUT2D eigenvalue weighted by atomic mass is 16.7. The zero-order chi connectivity index (χ0) is 50.1. The SMILES string of the molecule is CC/C=C\C/C=C\C/C=C\C/C=C\C/C=C\C/C=C\C/C=C\C/C=C\CCCCCCCCCCCCCCCCCCC(=O)NC(COC1OC(CO)C(O)C(O)C1O)C(O)CCCCCCC. The van der Waals surface area contributed by atoms with Crippen LogP contribution in [0.4, 0.5) is 0 Å². The Balaban J connectivity index is 1.98.